The third kappa shape index (κ3) is 78.2. The molecule has 618 valence electrons. The van der Waals surface area contributed by atoms with Crippen LogP contribution in [0.25, 0.3) is 0 Å². The van der Waals surface area contributed by atoms with Crippen molar-refractivity contribution in [3.05, 3.63) is 0 Å². The Kier molecular flexibility index (Phi) is 75.0. The Morgan fingerprint density at radius 3 is 0.654 bits per heavy atom. The highest BCUT2D eigenvalue weighted by Crippen LogP contribution is 2.45. The zero-order valence-corrected chi connectivity index (χ0v) is 70.1. The molecule has 0 aliphatic carbocycles. The molecule has 0 aromatic rings. The van der Waals surface area contributed by atoms with Crippen LogP contribution in [0.4, 0.5) is 0 Å². The fourth-order valence-electron chi connectivity index (χ4n) is 13.2. The molecular formula is C85H166O17P2. The van der Waals surface area contributed by atoms with Crippen molar-refractivity contribution in [3.63, 3.8) is 0 Å². The maximum Gasteiger partial charge on any atom is 0.472 e. The monoisotopic (exact) mass is 1520 g/mol. The summed E-state index contributed by atoms with van der Waals surface area (Å²) in [5.74, 6) is -0.678. The molecule has 0 saturated carbocycles. The molecule has 0 radical (unpaired) electrons. The number of hydrogen-bond donors (Lipinski definition) is 3. The summed E-state index contributed by atoms with van der Waals surface area (Å²) >= 11 is 0. The topological polar surface area (TPSA) is 237 Å². The molecule has 0 amide bonds. The van der Waals surface area contributed by atoms with Crippen LogP contribution < -0.4 is 0 Å². The second kappa shape index (κ2) is 76.4. The van der Waals surface area contributed by atoms with Gasteiger partial charge in [0.15, 0.2) is 12.2 Å². The Balaban J connectivity index is 5.19. The highest BCUT2D eigenvalue weighted by atomic mass is 31.2. The van der Waals surface area contributed by atoms with E-state index in [0.29, 0.717) is 31.6 Å². The number of esters is 4. The summed E-state index contributed by atoms with van der Waals surface area (Å²) < 4.78 is 68.8. The van der Waals surface area contributed by atoms with Crippen molar-refractivity contribution >= 4 is 39.5 Å². The second-order valence-corrected chi connectivity index (χ2v) is 34.4. The number of phosphoric acid groups is 2. The molecule has 19 heteroatoms. The standard InChI is InChI=1S/C85H166O17P2/c1-7-9-11-13-15-17-19-21-23-25-27-29-30-32-34-36-38-40-45-49-57-63-69-84(89)101-80(73-95-82(87)67-61-55-48-44-39-37-35-33-31-28-26-24-22-20-18-16-14-12-10-8-2)75-99-103(91,92)97-71-79(86)72-98-104(93,94)100-76-81(74-96-83(88)68-62-56-52-51-54-60-66-78(5)6)102-85(90)70-64-58-50-46-42-41-43-47-53-59-65-77(3)4/h77-81,86H,7-76H2,1-6H3,(H,91,92)(H,93,94)/t79-,80-,81-/m1/s1. The van der Waals surface area contributed by atoms with Gasteiger partial charge in [-0.3, -0.25) is 37.3 Å². The van der Waals surface area contributed by atoms with Crippen LogP contribution in [0.5, 0.6) is 0 Å². The van der Waals surface area contributed by atoms with Gasteiger partial charge in [0.2, 0.25) is 0 Å². The van der Waals surface area contributed by atoms with Gasteiger partial charge in [-0.15, -0.1) is 0 Å². The maximum atomic E-state index is 13.1. The van der Waals surface area contributed by atoms with Gasteiger partial charge in [0.25, 0.3) is 0 Å². The molecule has 3 N–H and O–H groups in total. The second-order valence-electron chi connectivity index (χ2n) is 31.5. The van der Waals surface area contributed by atoms with E-state index in [1.54, 1.807) is 0 Å². The summed E-state index contributed by atoms with van der Waals surface area (Å²) in [5, 5.41) is 10.7. The molecule has 0 aromatic carbocycles. The highest BCUT2D eigenvalue weighted by Gasteiger charge is 2.30. The molecule has 0 fully saturated rings. The van der Waals surface area contributed by atoms with E-state index in [1.165, 1.54) is 263 Å². The molecule has 2 unspecified atom stereocenters. The van der Waals surface area contributed by atoms with Gasteiger partial charge in [-0.1, -0.05) is 401 Å². The number of ether oxygens (including phenoxy) is 4. The molecule has 104 heavy (non-hydrogen) atoms. The summed E-state index contributed by atoms with van der Waals surface area (Å²) in [6, 6.07) is 0. The van der Waals surface area contributed by atoms with Gasteiger partial charge < -0.3 is 33.8 Å². The average molecular weight is 1520 g/mol. The lowest BCUT2D eigenvalue weighted by molar-refractivity contribution is -0.161. The lowest BCUT2D eigenvalue weighted by Crippen LogP contribution is -2.30. The van der Waals surface area contributed by atoms with Gasteiger partial charge >= 0.3 is 39.5 Å². The summed E-state index contributed by atoms with van der Waals surface area (Å²) in [4.78, 5) is 73.1. The Bertz CT molecular complexity index is 1990. The number of aliphatic hydroxyl groups excluding tert-OH is 1. The summed E-state index contributed by atoms with van der Waals surface area (Å²) in [7, 11) is -9.92. The van der Waals surface area contributed by atoms with Crippen LogP contribution >= 0.6 is 15.6 Å². The van der Waals surface area contributed by atoms with Gasteiger partial charge in [0.1, 0.15) is 19.3 Å². The molecule has 0 heterocycles. The van der Waals surface area contributed by atoms with Crippen LogP contribution in [0.15, 0.2) is 0 Å². The number of carbonyl (C=O) groups excluding carboxylic acids is 4. The Morgan fingerprint density at radius 1 is 0.260 bits per heavy atom. The summed E-state index contributed by atoms with van der Waals surface area (Å²) in [6.45, 7) is 9.55. The van der Waals surface area contributed by atoms with Crippen LogP contribution in [-0.4, -0.2) is 96.7 Å². The third-order valence-corrected chi connectivity index (χ3v) is 21.9. The van der Waals surface area contributed by atoms with Crippen molar-refractivity contribution < 1.29 is 80.2 Å². The molecule has 0 aromatic heterocycles. The highest BCUT2D eigenvalue weighted by molar-refractivity contribution is 7.47. The molecule has 17 nitrogen and oxygen atoms in total. The van der Waals surface area contributed by atoms with Gasteiger partial charge in [-0.05, 0) is 37.5 Å². The first-order chi connectivity index (χ1) is 50.4. The molecular weight excluding hydrogens is 1350 g/mol. The molecule has 0 spiro atoms. The van der Waals surface area contributed by atoms with Gasteiger partial charge in [0.05, 0.1) is 26.4 Å². The Morgan fingerprint density at radius 2 is 0.442 bits per heavy atom. The average Bonchev–Trinajstić information content (AvgIpc) is 0.904. The van der Waals surface area contributed by atoms with Gasteiger partial charge in [-0.25, -0.2) is 9.13 Å². The van der Waals surface area contributed by atoms with Crippen molar-refractivity contribution in [2.75, 3.05) is 39.6 Å². The van der Waals surface area contributed by atoms with E-state index in [9.17, 15) is 43.2 Å². The largest absolute Gasteiger partial charge is 0.472 e. The van der Waals surface area contributed by atoms with E-state index >= 15 is 0 Å². The van der Waals surface area contributed by atoms with Crippen molar-refractivity contribution in [3.8, 4) is 0 Å². The van der Waals surface area contributed by atoms with E-state index < -0.39 is 97.5 Å². The maximum absolute atomic E-state index is 13.1. The normalized spacial score (nSPS) is 13.8. The number of phosphoric ester groups is 2. The van der Waals surface area contributed by atoms with Crippen LogP contribution in [0.1, 0.15) is 452 Å². The summed E-state index contributed by atoms with van der Waals surface area (Å²) in [5.41, 5.74) is 0. The van der Waals surface area contributed by atoms with Crippen molar-refractivity contribution in [2.24, 2.45) is 11.8 Å². The predicted octanol–water partition coefficient (Wildman–Crippen LogP) is 25.8. The quantitative estimate of drug-likeness (QED) is 0.0222. The van der Waals surface area contributed by atoms with Gasteiger partial charge in [-0.2, -0.15) is 0 Å². The third-order valence-electron chi connectivity index (χ3n) is 20.0. The van der Waals surface area contributed by atoms with Gasteiger partial charge in [0, 0.05) is 25.7 Å². The first-order valence-electron chi connectivity index (χ1n) is 44.0. The Hall–Kier alpha value is -1.94. The first kappa shape index (κ1) is 102. The molecule has 0 saturated heterocycles. The van der Waals surface area contributed by atoms with Crippen LogP contribution in [0.2, 0.25) is 0 Å². The van der Waals surface area contributed by atoms with Crippen molar-refractivity contribution in [2.45, 2.75) is 471 Å². The zero-order chi connectivity index (χ0) is 76.4. The molecule has 5 atom stereocenters. The van der Waals surface area contributed by atoms with Crippen LogP contribution in [-0.2, 0) is 65.4 Å². The number of aliphatic hydroxyl groups is 1. The number of carbonyl (C=O) groups is 4. The van der Waals surface area contributed by atoms with Crippen LogP contribution in [0, 0.1) is 11.8 Å². The van der Waals surface area contributed by atoms with E-state index in [-0.39, 0.29) is 25.7 Å². The van der Waals surface area contributed by atoms with E-state index in [4.69, 9.17) is 37.0 Å². The molecule has 0 aliphatic heterocycles. The summed E-state index contributed by atoms with van der Waals surface area (Å²) in [6.07, 6.45) is 68.5. The van der Waals surface area contributed by atoms with Crippen molar-refractivity contribution in [1.82, 2.24) is 0 Å². The minimum atomic E-state index is -4.96. The smallest absolute Gasteiger partial charge is 0.462 e. The first-order valence-corrected chi connectivity index (χ1v) is 47.0. The molecule has 0 rings (SSSR count). The molecule has 0 bridgehead atoms. The number of rotatable bonds is 84. The minimum absolute atomic E-state index is 0.105. The Labute approximate surface area is 638 Å². The van der Waals surface area contributed by atoms with E-state index in [1.807, 2.05) is 0 Å². The fraction of sp³-hybridized carbons (Fsp3) is 0.953. The zero-order valence-electron chi connectivity index (χ0n) is 68.3. The SMILES string of the molecule is CCCCCCCCCCCCCCCCCCCCCCCCC(=O)O[C@H](COC(=O)CCCCCCCCCCCCCCCCCCCCCC)COP(=O)(O)OC[C@@H](O)COP(=O)(O)OC[C@@H](COC(=O)CCCCCCCCC(C)C)OC(=O)CCCCCCCCCCCCC(C)C. The fourth-order valence-corrected chi connectivity index (χ4v) is 14.8. The molecule has 0 aliphatic rings. The predicted molar refractivity (Wildman–Crippen MR) is 428 cm³/mol. The van der Waals surface area contributed by atoms with Crippen LogP contribution in [0.3, 0.4) is 0 Å². The lowest BCUT2D eigenvalue weighted by atomic mass is 10.0. The number of unbranched alkanes of at least 4 members (excludes halogenated alkanes) is 54. The van der Waals surface area contributed by atoms with E-state index in [0.717, 1.165) is 102 Å². The van der Waals surface area contributed by atoms with E-state index in [2.05, 4.69) is 41.5 Å². The minimum Gasteiger partial charge on any atom is -0.462 e. The van der Waals surface area contributed by atoms with Crippen molar-refractivity contribution in [1.29, 1.82) is 0 Å². The number of hydrogen-bond acceptors (Lipinski definition) is 15. The lowest BCUT2D eigenvalue weighted by Gasteiger charge is -2.21.